The van der Waals surface area contributed by atoms with Crippen molar-refractivity contribution in [2.45, 2.75) is 63.3 Å². The summed E-state index contributed by atoms with van der Waals surface area (Å²) in [6.45, 7) is 5.27. The van der Waals surface area contributed by atoms with Gasteiger partial charge in [-0.1, -0.05) is 30.2 Å². The number of nitrogens with zero attached hydrogens (tertiary/aromatic N) is 2. The molecule has 4 atom stereocenters. The fourth-order valence-corrected chi connectivity index (χ4v) is 5.31. The van der Waals surface area contributed by atoms with Gasteiger partial charge in [0, 0.05) is 43.3 Å². The lowest BCUT2D eigenvalue weighted by Crippen LogP contribution is -2.68. The summed E-state index contributed by atoms with van der Waals surface area (Å²) in [6.07, 6.45) is 4.44. The standard InChI is InChI=1S/C21H30ClN3O2/c1-14-5-6-15(11-17(14)22)12-20(27)25-10-8-23-18-3-2-4-19(21(18)25)24-9-7-16(26)13-24/h5-6,11,16,18-19,21,23,26H,2-4,7-10,12-13H2,1H3/t16-,18-,19-,21-/m0/s1. The molecule has 0 spiro atoms. The molecule has 1 aliphatic carbocycles. The van der Waals surface area contributed by atoms with Crippen molar-refractivity contribution in [3.63, 3.8) is 0 Å². The molecular weight excluding hydrogens is 362 g/mol. The van der Waals surface area contributed by atoms with Crippen LogP contribution in [0.2, 0.25) is 5.02 Å². The first kappa shape index (κ1) is 19.2. The SMILES string of the molecule is Cc1ccc(CC(=O)N2CCN[C@H]3CCC[C@H](N4CC[C@H](O)C4)[C@H]32)cc1Cl. The van der Waals surface area contributed by atoms with E-state index in [1.807, 2.05) is 25.1 Å². The molecule has 1 amide bonds. The van der Waals surface area contributed by atoms with Crippen molar-refractivity contribution in [3.8, 4) is 0 Å². The second-order valence-electron chi connectivity index (χ2n) is 8.33. The number of amides is 1. The number of aryl methyl sites for hydroxylation is 1. The lowest BCUT2D eigenvalue weighted by Gasteiger charge is -2.51. The van der Waals surface area contributed by atoms with Crippen molar-refractivity contribution < 1.29 is 9.90 Å². The Hall–Kier alpha value is -1.14. The Kier molecular flexibility index (Phi) is 5.74. The van der Waals surface area contributed by atoms with Crippen LogP contribution < -0.4 is 5.32 Å². The molecule has 4 rings (SSSR count). The van der Waals surface area contributed by atoms with E-state index in [1.54, 1.807) is 0 Å². The van der Waals surface area contributed by atoms with Crippen molar-refractivity contribution in [2.24, 2.45) is 0 Å². The van der Waals surface area contributed by atoms with Crippen LogP contribution >= 0.6 is 11.6 Å². The van der Waals surface area contributed by atoms with Gasteiger partial charge in [0.2, 0.25) is 5.91 Å². The van der Waals surface area contributed by atoms with Gasteiger partial charge in [-0.3, -0.25) is 9.69 Å². The predicted octanol–water partition coefficient (Wildman–Crippen LogP) is 1.98. The van der Waals surface area contributed by atoms with Crippen LogP contribution in [-0.2, 0) is 11.2 Å². The van der Waals surface area contributed by atoms with Gasteiger partial charge < -0.3 is 15.3 Å². The number of carbonyl (C=O) groups excluding carboxylic acids is 1. The zero-order valence-corrected chi connectivity index (χ0v) is 16.8. The number of halogens is 1. The minimum atomic E-state index is -0.222. The lowest BCUT2D eigenvalue weighted by atomic mass is 9.82. The molecule has 27 heavy (non-hydrogen) atoms. The van der Waals surface area contributed by atoms with Gasteiger partial charge in [-0.2, -0.15) is 0 Å². The normalized spacial score (nSPS) is 31.7. The van der Waals surface area contributed by atoms with Gasteiger partial charge in [0.15, 0.2) is 0 Å². The van der Waals surface area contributed by atoms with E-state index < -0.39 is 0 Å². The number of nitrogens with one attached hydrogen (secondary N) is 1. The second-order valence-corrected chi connectivity index (χ2v) is 8.74. The number of carbonyl (C=O) groups is 1. The summed E-state index contributed by atoms with van der Waals surface area (Å²) in [5.74, 6) is 0.193. The molecule has 2 aliphatic heterocycles. The number of aliphatic hydroxyl groups is 1. The van der Waals surface area contributed by atoms with Crippen LogP contribution in [0.3, 0.4) is 0 Å². The van der Waals surface area contributed by atoms with E-state index in [1.165, 1.54) is 6.42 Å². The van der Waals surface area contributed by atoms with Gasteiger partial charge in [-0.05, 0) is 43.4 Å². The zero-order chi connectivity index (χ0) is 19.0. The van der Waals surface area contributed by atoms with E-state index in [0.29, 0.717) is 18.5 Å². The summed E-state index contributed by atoms with van der Waals surface area (Å²) >= 11 is 6.25. The van der Waals surface area contributed by atoms with E-state index in [4.69, 9.17) is 11.6 Å². The lowest BCUT2D eigenvalue weighted by molar-refractivity contribution is -0.138. The van der Waals surface area contributed by atoms with Crippen molar-refractivity contribution in [2.75, 3.05) is 26.2 Å². The third-order valence-electron chi connectivity index (χ3n) is 6.52. The Labute approximate surface area is 166 Å². The summed E-state index contributed by atoms with van der Waals surface area (Å²) in [7, 11) is 0. The number of β-amino-alcohol motifs (C(OH)–C–C–N with tert-alkyl or cyclic N) is 1. The first-order valence-corrected chi connectivity index (χ1v) is 10.6. The molecule has 5 nitrogen and oxygen atoms in total. The monoisotopic (exact) mass is 391 g/mol. The number of fused-ring (bicyclic) bond motifs is 1. The quantitative estimate of drug-likeness (QED) is 0.827. The number of benzene rings is 1. The van der Waals surface area contributed by atoms with Crippen molar-refractivity contribution >= 4 is 17.5 Å². The topological polar surface area (TPSA) is 55.8 Å². The maximum absolute atomic E-state index is 13.2. The van der Waals surface area contributed by atoms with Crippen LogP contribution in [0.4, 0.5) is 0 Å². The van der Waals surface area contributed by atoms with Gasteiger partial charge in [0.1, 0.15) is 0 Å². The molecule has 1 aromatic rings. The predicted molar refractivity (Wildman–Crippen MR) is 107 cm³/mol. The number of hydrogen-bond donors (Lipinski definition) is 2. The molecule has 0 aromatic heterocycles. The summed E-state index contributed by atoms with van der Waals surface area (Å²) in [4.78, 5) is 17.8. The smallest absolute Gasteiger partial charge is 0.227 e. The Morgan fingerprint density at radius 2 is 2.15 bits per heavy atom. The fraction of sp³-hybridized carbons (Fsp3) is 0.667. The summed E-state index contributed by atoms with van der Waals surface area (Å²) in [6, 6.07) is 6.82. The van der Waals surface area contributed by atoms with Gasteiger partial charge in [0.25, 0.3) is 0 Å². The highest BCUT2D eigenvalue weighted by molar-refractivity contribution is 6.31. The van der Waals surface area contributed by atoms with E-state index in [-0.39, 0.29) is 18.1 Å². The molecule has 1 aromatic carbocycles. The Morgan fingerprint density at radius 3 is 2.89 bits per heavy atom. The molecule has 6 heteroatoms. The zero-order valence-electron chi connectivity index (χ0n) is 16.0. The number of hydrogen-bond acceptors (Lipinski definition) is 4. The van der Waals surface area contributed by atoms with Crippen LogP contribution in [0.25, 0.3) is 0 Å². The number of rotatable bonds is 3. The first-order valence-electron chi connectivity index (χ1n) is 10.2. The van der Waals surface area contributed by atoms with Gasteiger partial charge in [0.05, 0.1) is 18.6 Å². The molecule has 1 saturated carbocycles. The number of piperazine rings is 1. The Balaban J connectivity index is 1.52. The van der Waals surface area contributed by atoms with Crippen LogP contribution in [-0.4, -0.2) is 71.2 Å². The van der Waals surface area contributed by atoms with E-state index >= 15 is 0 Å². The van der Waals surface area contributed by atoms with Crippen LogP contribution in [0, 0.1) is 6.92 Å². The minimum absolute atomic E-state index is 0.193. The van der Waals surface area contributed by atoms with Crippen LogP contribution in [0.15, 0.2) is 18.2 Å². The van der Waals surface area contributed by atoms with Crippen LogP contribution in [0.5, 0.6) is 0 Å². The van der Waals surface area contributed by atoms with Crippen molar-refractivity contribution in [1.29, 1.82) is 0 Å². The van der Waals surface area contributed by atoms with Gasteiger partial charge in [-0.25, -0.2) is 0 Å². The van der Waals surface area contributed by atoms with Crippen molar-refractivity contribution in [3.05, 3.63) is 34.3 Å². The summed E-state index contributed by atoms with van der Waals surface area (Å²) in [5, 5.41) is 14.4. The van der Waals surface area contributed by atoms with E-state index in [0.717, 1.165) is 61.6 Å². The third-order valence-corrected chi connectivity index (χ3v) is 6.92. The highest BCUT2D eigenvalue weighted by atomic mass is 35.5. The third kappa shape index (κ3) is 4.02. The highest BCUT2D eigenvalue weighted by Gasteiger charge is 2.44. The average molecular weight is 392 g/mol. The molecule has 0 unspecified atom stereocenters. The van der Waals surface area contributed by atoms with Gasteiger partial charge >= 0.3 is 0 Å². The molecule has 2 N–H and O–H groups in total. The molecular formula is C21H30ClN3O2. The summed E-state index contributed by atoms with van der Waals surface area (Å²) in [5.41, 5.74) is 2.02. The average Bonchev–Trinajstić information content (AvgIpc) is 3.10. The minimum Gasteiger partial charge on any atom is -0.392 e. The first-order chi connectivity index (χ1) is 13.0. The van der Waals surface area contributed by atoms with Crippen LogP contribution in [0.1, 0.15) is 36.8 Å². The second kappa shape index (κ2) is 8.08. The Bertz CT molecular complexity index is 696. The Morgan fingerprint density at radius 1 is 1.30 bits per heavy atom. The highest BCUT2D eigenvalue weighted by Crippen LogP contribution is 2.32. The van der Waals surface area contributed by atoms with Crippen molar-refractivity contribution in [1.82, 2.24) is 15.1 Å². The molecule has 2 saturated heterocycles. The molecule has 0 bridgehead atoms. The number of likely N-dealkylation sites (tertiary alicyclic amines) is 1. The molecule has 2 heterocycles. The van der Waals surface area contributed by atoms with Gasteiger partial charge in [-0.15, -0.1) is 0 Å². The maximum atomic E-state index is 13.2. The molecule has 3 aliphatic rings. The molecule has 3 fully saturated rings. The maximum Gasteiger partial charge on any atom is 0.227 e. The molecule has 148 valence electrons. The fourth-order valence-electron chi connectivity index (χ4n) is 5.11. The summed E-state index contributed by atoms with van der Waals surface area (Å²) < 4.78 is 0. The largest absolute Gasteiger partial charge is 0.392 e. The molecule has 0 radical (unpaired) electrons. The van der Waals surface area contributed by atoms with E-state index in [2.05, 4.69) is 15.1 Å². The number of aliphatic hydroxyl groups excluding tert-OH is 1. The van der Waals surface area contributed by atoms with E-state index in [9.17, 15) is 9.90 Å².